The zero-order valence-electron chi connectivity index (χ0n) is 6.26. The highest BCUT2D eigenvalue weighted by Crippen LogP contribution is 2.30. The first-order valence-electron chi connectivity index (χ1n) is 3.37. The number of carbonyl (C=O) groups is 1. The lowest BCUT2D eigenvalue weighted by atomic mass is 10.4. The van der Waals surface area contributed by atoms with Gasteiger partial charge in [0.1, 0.15) is 0 Å². The molecule has 0 aliphatic heterocycles. The van der Waals surface area contributed by atoms with E-state index in [1.807, 2.05) is 0 Å². The normalized spacial score (nSPS) is 18.4. The number of halogens is 3. The van der Waals surface area contributed by atoms with Crippen LogP contribution in [0.5, 0.6) is 0 Å². The Morgan fingerprint density at radius 3 is 2.08 bits per heavy atom. The molecular formula is C5H6F3NO3S. The monoisotopic (exact) mass is 217 g/mol. The van der Waals surface area contributed by atoms with Gasteiger partial charge in [-0.15, -0.1) is 0 Å². The first-order chi connectivity index (χ1) is 5.74. The van der Waals surface area contributed by atoms with Crippen LogP contribution in [-0.4, -0.2) is 19.8 Å². The SMILES string of the molecule is O=C(NS(=O)(=O)C(F)(F)F)C1CC1. The predicted octanol–water partition coefficient (Wildman–Crippen LogP) is 0.362. The summed E-state index contributed by atoms with van der Waals surface area (Å²) >= 11 is 0. The molecule has 4 nitrogen and oxygen atoms in total. The van der Waals surface area contributed by atoms with E-state index in [1.165, 1.54) is 0 Å². The molecule has 1 amide bonds. The summed E-state index contributed by atoms with van der Waals surface area (Å²) in [6, 6.07) is 0. The maximum Gasteiger partial charge on any atom is 0.516 e. The highest BCUT2D eigenvalue weighted by Gasteiger charge is 2.48. The summed E-state index contributed by atoms with van der Waals surface area (Å²) in [5.74, 6) is -1.64. The third kappa shape index (κ3) is 2.33. The standard InChI is InChI=1S/C5H6F3NO3S/c6-5(7,8)13(11,12)9-4(10)3-1-2-3/h3H,1-2H2,(H,9,10). The van der Waals surface area contributed by atoms with Crippen LogP contribution < -0.4 is 4.72 Å². The Bertz CT molecular complexity index is 316. The van der Waals surface area contributed by atoms with Gasteiger partial charge in [-0.2, -0.15) is 21.6 Å². The average molecular weight is 217 g/mol. The van der Waals surface area contributed by atoms with E-state index in [9.17, 15) is 26.4 Å². The lowest BCUT2D eigenvalue weighted by Crippen LogP contribution is -2.40. The fraction of sp³-hybridized carbons (Fsp3) is 0.800. The van der Waals surface area contributed by atoms with E-state index >= 15 is 0 Å². The molecule has 76 valence electrons. The van der Waals surface area contributed by atoms with Crippen molar-refractivity contribution in [3.8, 4) is 0 Å². The van der Waals surface area contributed by atoms with Gasteiger partial charge in [-0.25, -0.2) is 4.72 Å². The van der Waals surface area contributed by atoms with Gasteiger partial charge in [0.2, 0.25) is 5.91 Å². The van der Waals surface area contributed by atoms with Crippen LogP contribution in [0.3, 0.4) is 0 Å². The molecule has 1 fully saturated rings. The third-order valence-electron chi connectivity index (χ3n) is 1.49. The second-order valence-electron chi connectivity index (χ2n) is 2.69. The number of hydrogen-bond donors (Lipinski definition) is 1. The lowest BCUT2D eigenvalue weighted by Gasteiger charge is -2.08. The number of alkyl halides is 3. The van der Waals surface area contributed by atoms with Gasteiger partial charge in [0.15, 0.2) is 0 Å². The minimum absolute atomic E-state index is 0.444. The number of amides is 1. The first kappa shape index (κ1) is 10.3. The van der Waals surface area contributed by atoms with Crippen LogP contribution in [0, 0.1) is 5.92 Å². The van der Waals surface area contributed by atoms with E-state index in [4.69, 9.17) is 0 Å². The van der Waals surface area contributed by atoms with Gasteiger partial charge in [0.05, 0.1) is 0 Å². The van der Waals surface area contributed by atoms with Gasteiger partial charge in [0, 0.05) is 5.92 Å². The fourth-order valence-electron chi connectivity index (χ4n) is 0.619. The van der Waals surface area contributed by atoms with Crippen molar-refractivity contribution >= 4 is 15.9 Å². The molecule has 13 heavy (non-hydrogen) atoms. The summed E-state index contributed by atoms with van der Waals surface area (Å²) in [7, 11) is -5.50. The van der Waals surface area contributed by atoms with E-state index < -0.39 is 27.4 Å². The van der Waals surface area contributed by atoms with Crippen molar-refractivity contribution in [2.75, 3.05) is 0 Å². The number of rotatable bonds is 2. The molecular weight excluding hydrogens is 211 g/mol. The number of hydrogen-bond acceptors (Lipinski definition) is 3. The van der Waals surface area contributed by atoms with Gasteiger partial charge in [0.25, 0.3) is 0 Å². The number of carbonyl (C=O) groups excluding carboxylic acids is 1. The van der Waals surface area contributed by atoms with Crippen LogP contribution in [0.1, 0.15) is 12.8 Å². The zero-order valence-corrected chi connectivity index (χ0v) is 7.07. The van der Waals surface area contributed by atoms with Gasteiger partial charge in [-0.3, -0.25) is 4.79 Å². The Morgan fingerprint density at radius 1 is 1.31 bits per heavy atom. The maximum absolute atomic E-state index is 11.7. The van der Waals surface area contributed by atoms with Crippen molar-refractivity contribution in [2.45, 2.75) is 18.3 Å². The molecule has 0 radical (unpaired) electrons. The highest BCUT2D eigenvalue weighted by atomic mass is 32.2. The molecule has 0 atom stereocenters. The highest BCUT2D eigenvalue weighted by molar-refractivity contribution is 7.90. The molecule has 8 heteroatoms. The second kappa shape index (κ2) is 2.86. The van der Waals surface area contributed by atoms with E-state index in [-0.39, 0.29) is 0 Å². The van der Waals surface area contributed by atoms with Crippen LogP contribution in [-0.2, 0) is 14.8 Å². The van der Waals surface area contributed by atoms with E-state index in [0.29, 0.717) is 12.8 Å². The van der Waals surface area contributed by atoms with Gasteiger partial charge in [-0.1, -0.05) is 0 Å². The van der Waals surface area contributed by atoms with Crippen molar-refractivity contribution in [3.63, 3.8) is 0 Å². The lowest BCUT2D eigenvalue weighted by molar-refractivity contribution is -0.121. The van der Waals surface area contributed by atoms with E-state index in [1.54, 1.807) is 0 Å². The smallest absolute Gasteiger partial charge is 0.274 e. The minimum Gasteiger partial charge on any atom is -0.274 e. The van der Waals surface area contributed by atoms with Crippen molar-refractivity contribution in [3.05, 3.63) is 0 Å². The van der Waals surface area contributed by atoms with Crippen LogP contribution in [0.15, 0.2) is 0 Å². The quantitative estimate of drug-likeness (QED) is 0.726. The zero-order chi connectivity index (χ0) is 10.3. The maximum atomic E-state index is 11.7. The van der Waals surface area contributed by atoms with Gasteiger partial charge < -0.3 is 0 Å². The summed E-state index contributed by atoms with van der Waals surface area (Å²) < 4.78 is 56.7. The van der Waals surface area contributed by atoms with E-state index in [0.717, 1.165) is 4.72 Å². The summed E-state index contributed by atoms with van der Waals surface area (Å²) in [5.41, 5.74) is -5.42. The average Bonchev–Trinajstić information content (AvgIpc) is 2.62. The van der Waals surface area contributed by atoms with Crippen molar-refractivity contribution in [1.82, 2.24) is 4.72 Å². The fourth-order valence-corrected chi connectivity index (χ4v) is 1.17. The van der Waals surface area contributed by atoms with Crippen molar-refractivity contribution in [2.24, 2.45) is 5.92 Å². The van der Waals surface area contributed by atoms with E-state index in [2.05, 4.69) is 0 Å². The third-order valence-corrected chi connectivity index (χ3v) is 2.57. The molecule has 0 spiro atoms. The molecule has 0 heterocycles. The molecule has 0 aromatic carbocycles. The Morgan fingerprint density at radius 2 is 1.77 bits per heavy atom. The summed E-state index contributed by atoms with van der Waals surface area (Å²) in [5, 5.41) is 0. The van der Waals surface area contributed by atoms with Crippen molar-refractivity contribution in [1.29, 1.82) is 0 Å². The van der Waals surface area contributed by atoms with Crippen LogP contribution in [0.2, 0.25) is 0 Å². The second-order valence-corrected chi connectivity index (χ2v) is 4.36. The van der Waals surface area contributed by atoms with Crippen LogP contribution >= 0.6 is 0 Å². The number of nitrogens with one attached hydrogen (secondary N) is 1. The Hall–Kier alpha value is -0.790. The molecule has 1 aliphatic rings. The Labute approximate surface area is 72.2 Å². The molecule has 1 N–H and O–H groups in total. The number of sulfonamides is 1. The predicted molar refractivity (Wildman–Crippen MR) is 35.8 cm³/mol. The molecule has 0 aromatic heterocycles. The largest absolute Gasteiger partial charge is 0.516 e. The Balaban J connectivity index is 2.67. The van der Waals surface area contributed by atoms with Gasteiger partial charge >= 0.3 is 15.5 Å². The summed E-state index contributed by atoms with van der Waals surface area (Å²) in [6.07, 6.45) is 0.887. The minimum atomic E-state index is -5.50. The summed E-state index contributed by atoms with van der Waals surface area (Å²) in [4.78, 5) is 10.7. The molecule has 1 aliphatic carbocycles. The molecule has 0 saturated heterocycles. The Kier molecular flexibility index (Phi) is 2.27. The van der Waals surface area contributed by atoms with Crippen molar-refractivity contribution < 1.29 is 26.4 Å². The molecule has 0 bridgehead atoms. The summed E-state index contributed by atoms with van der Waals surface area (Å²) in [6.45, 7) is 0. The molecule has 0 unspecified atom stereocenters. The molecule has 1 rings (SSSR count). The van der Waals surface area contributed by atoms with Crippen LogP contribution in [0.4, 0.5) is 13.2 Å². The topological polar surface area (TPSA) is 63.2 Å². The molecule has 1 saturated carbocycles. The van der Waals surface area contributed by atoms with Gasteiger partial charge in [-0.05, 0) is 12.8 Å². The van der Waals surface area contributed by atoms with Crippen LogP contribution in [0.25, 0.3) is 0 Å². The molecule has 0 aromatic rings. The first-order valence-corrected chi connectivity index (χ1v) is 4.85.